The van der Waals surface area contributed by atoms with E-state index in [2.05, 4.69) is 15.6 Å². The van der Waals surface area contributed by atoms with E-state index in [9.17, 15) is 9.59 Å². The van der Waals surface area contributed by atoms with Gasteiger partial charge in [0.25, 0.3) is 5.91 Å². The Morgan fingerprint density at radius 2 is 2.13 bits per heavy atom. The van der Waals surface area contributed by atoms with Gasteiger partial charge in [0, 0.05) is 25.2 Å². The number of carbonyl (C=O) groups excluding carboxylic acids is 2. The molecule has 1 aliphatic rings. The number of hydrogen-bond donors (Lipinski definition) is 1. The van der Waals surface area contributed by atoms with Gasteiger partial charge in [-0.1, -0.05) is 5.21 Å². The van der Waals surface area contributed by atoms with Crippen LogP contribution in [0.3, 0.4) is 0 Å². The van der Waals surface area contributed by atoms with Crippen LogP contribution in [0.4, 0.5) is 0 Å². The highest BCUT2D eigenvalue weighted by Crippen LogP contribution is 2.18. The number of benzene rings is 1. The summed E-state index contributed by atoms with van der Waals surface area (Å²) in [6.07, 6.45) is 0.544. The average Bonchev–Trinajstić information content (AvgIpc) is 3.09. The van der Waals surface area contributed by atoms with Gasteiger partial charge in [0.15, 0.2) is 0 Å². The maximum atomic E-state index is 12.4. The number of nitrogens with zero attached hydrogens (tertiary/aromatic N) is 4. The first-order valence-electron chi connectivity index (χ1n) is 7.38. The van der Waals surface area contributed by atoms with Gasteiger partial charge in [-0.05, 0) is 31.7 Å². The predicted molar refractivity (Wildman–Crippen MR) is 82.8 cm³/mol. The zero-order chi connectivity index (χ0) is 16.6. The van der Waals surface area contributed by atoms with E-state index >= 15 is 0 Å². The Morgan fingerprint density at radius 3 is 2.87 bits per heavy atom. The van der Waals surface area contributed by atoms with E-state index in [0.717, 1.165) is 5.52 Å². The molecule has 1 saturated heterocycles. The Kier molecular flexibility index (Phi) is 3.99. The summed E-state index contributed by atoms with van der Waals surface area (Å²) in [6.45, 7) is 0.610. The number of ether oxygens (including phenoxy) is 1. The van der Waals surface area contributed by atoms with E-state index < -0.39 is 0 Å². The van der Waals surface area contributed by atoms with Gasteiger partial charge in [-0.2, -0.15) is 0 Å². The second-order valence-corrected chi connectivity index (χ2v) is 5.80. The van der Waals surface area contributed by atoms with Crippen molar-refractivity contribution in [1.29, 1.82) is 0 Å². The van der Waals surface area contributed by atoms with E-state index in [1.165, 1.54) is 7.11 Å². The molecule has 1 aliphatic heterocycles. The maximum absolute atomic E-state index is 12.4. The third-order valence-corrected chi connectivity index (χ3v) is 4.23. The van der Waals surface area contributed by atoms with Crippen molar-refractivity contribution in [3.63, 3.8) is 0 Å². The average molecular weight is 317 g/mol. The molecule has 0 unspecified atom stereocenters. The molecular formula is C15H19N5O3. The topological polar surface area (TPSA) is 89.3 Å². The number of amides is 1. The monoisotopic (exact) mass is 317 g/mol. The van der Waals surface area contributed by atoms with Crippen molar-refractivity contribution in [1.82, 2.24) is 25.2 Å². The number of aryl methyl sites for hydroxylation is 1. The number of fused-ring (bicyclic) bond motifs is 1. The smallest absolute Gasteiger partial charge is 0.323 e. The van der Waals surface area contributed by atoms with Crippen molar-refractivity contribution < 1.29 is 14.3 Å². The minimum atomic E-state index is -0.312. The van der Waals surface area contributed by atoms with Crippen LogP contribution >= 0.6 is 0 Å². The molecule has 0 spiro atoms. The number of aromatic nitrogens is 3. The molecule has 1 amide bonds. The highest BCUT2D eigenvalue weighted by molar-refractivity contribution is 5.97. The summed E-state index contributed by atoms with van der Waals surface area (Å²) < 4.78 is 6.44. The largest absolute Gasteiger partial charge is 0.468 e. The number of likely N-dealkylation sites (N-methyl/N-ethyl adjacent to an activating group) is 1. The number of esters is 1. The lowest BCUT2D eigenvalue weighted by molar-refractivity contribution is -0.145. The molecule has 1 fully saturated rings. The minimum Gasteiger partial charge on any atom is -0.468 e. The number of nitrogens with one attached hydrogen (secondary N) is 1. The molecule has 2 atom stereocenters. The lowest BCUT2D eigenvalue weighted by Gasteiger charge is -2.15. The Labute approximate surface area is 133 Å². The fourth-order valence-corrected chi connectivity index (χ4v) is 2.97. The lowest BCUT2D eigenvalue weighted by Crippen LogP contribution is -2.36. The van der Waals surface area contributed by atoms with Crippen molar-refractivity contribution in [2.75, 3.05) is 20.7 Å². The molecule has 122 valence electrons. The number of likely N-dealkylation sites (tertiary alicyclic amines) is 1. The van der Waals surface area contributed by atoms with Crippen LogP contribution in [0.25, 0.3) is 11.0 Å². The summed E-state index contributed by atoms with van der Waals surface area (Å²) in [5.74, 6) is -0.452. The number of rotatable bonds is 3. The molecule has 2 heterocycles. The van der Waals surface area contributed by atoms with Crippen molar-refractivity contribution >= 4 is 22.9 Å². The fraction of sp³-hybridized carbons (Fsp3) is 0.467. The Balaban J connectivity index is 1.70. The SMILES string of the molecule is COC(=O)[C@@H]1C[C@@H](NC(=O)c2ccc3c(c2)nnn3C)CN1C. The van der Waals surface area contributed by atoms with Crippen molar-refractivity contribution in [2.24, 2.45) is 7.05 Å². The number of carbonyl (C=O) groups is 2. The molecule has 2 aromatic rings. The van der Waals surface area contributed by atoms with Gasteiger partial charge in [-0.3, -0.25) is 14.5 Å². The molecule has 1 aromatic carbocycles. The Bertz CT molecular complexity index is 757. The molecule has 0 bridgehead atoms. The van der Waals surface area contributed by atoms with E-state index in [4.69, 9.17) is 4.74 Å². The quantitative estimate of drug-likeness (QED) is 0.798. The second kappa shape index (κ2) is 5.96. The molecule has 0 saturated carbocycles. The van der Waals surface area contributed by atoms with Crippen LogP contribution in [-0.4, -0.2) is 64.6 Å². The summed E-state index contributed by atoms with van der Waals surface area (Å²) in [7, 11) is 5.02. The first kappa shape index (κ1) is 15.4. The Hall–Kier alpha value is -2.48. The van der Waals surface area contributed by atoms with Crippen molar-refractivity contribution in [2.45, 2.75) is 18.5 Å². The third-order valence-electron chi connectivity index (χ3n) is 4.23. The first-order chi connectivity index (χ1) is 11.0. The highest BCUT2D eigenvalue weighted by atomic mass is 16.5. The molecular weight excluding hydrogens is 298 g/mol. The van der Waals surface area contributed by atoms with Crippen LogP contribution in [0.15, 0.2) is 18.2 Å². The van der Waals surface area contributed by atoms with E-state index in [1.54, 1.807) is 23.9 Å². The fourth-order valence-electron chi connectivity index (χ4n) is 2.97. The molecule has 0 radical (unpaired) electrons. The van der Waals surface area contributed by atoms with Gasteiger partial charge in [0.1, 0.15) is 11.6 Å². The standard InChI is InChI=1S/C15H19N5O3/c1-19-8-10(7-13(19)15(22)23-3)16-14(21)9-4-5-12-11(6-9)17-18-20(12)2/h4-6,10,13H,7-8H2,1-3H3,(H,16,21)/t10-,13+/m1/s1. The van der Waals surface area contributed by atoms with Gasteiger partial charge in [0.2, 0.25) is 0 Å². The summed E-state index contributed by atoms with van der Waals surface area (Å²) in [6, 6.07) is 4.88. The highest BCUT2D eigenvalue weighted by Gasteiger charge is 2.35. The Morgan fingerprint density at radius 1 is 1.35 bits per heavy atom. The summed E-state index contributed by atoms with van der Waals surface area (Å²) in [5, 5.41) is 10.9. The van der Waals surface area contributed by atoms with Crippen LogP contribution < -0.4 is 5.32 Å². The molecule has 1 N–H and O–H groups in total. The normalized spacial score (nSPS) is 21.5. The van der Waals surface area contributed by atoms with Crippen molar-refractivity contribution in [3.8, 4) is 0 Å². The van der Waals surface area contributed by atoms with Crippen LogP contribution in [0, 0.1) is 0 Å². The molecule has 8 heteroatoms. The predicted octanol–water partition coefficient (Wildman–Crippen LogP) is -0.0562. The van der Waals surface area contributed by atoms with Crippen LogP contribution in [0.1, 0.15) is 16.8 Å². The van der Waals surface area contributed by atoms with Crippen LogP contribution in [0.5, 0.6) is 0 Å². The molecule has 3 rings (SSSR count). The van der Waals surface area contributed by atoms with Gasteiger partial charge in [-0.25, -0.2) is 4.68 Å². The number of hydrogen-bond acceptors (Lipinski definition) is 6. The van der Waals surface area contributed by atoms with Gasteiger partial charge in [-0.15, -0.1) is 5.10 Å². The van der Waals surface area contributed by atoms with E-state index in [1.807, 2.05) is 18.0 Å². The van der Waals surface area contributed by atoms with E-state index in [-0.39, 0.29) is 24.0 Å². The van der Waals surface area contributed by atoms with Crippen LogP contribution in [-0.2, 0) is 16.6 Å². The summed E-state index contributed by atoms with van der Waals surface area (Å²) >= 11 is 0. The molecule has 8 nitrogen and oxygen atoms in total. The summed E-state index contributed by atoms with van der Waals surface area (Å²) in [4.78, 5) is 26.0. The zero-order valence-corrected chi connectivity index (χ0v) is 13.3. The molecule has 23 heavy (non-hydrogen) atoms. The van der Waals surface area contributed by atoms with Gasteiger partial charge < -0.3 is 10.1 Å². The second-order valence-electron chi connectivity index (χ2n) is 5.80. The maximum Gasteiger partial charge on any atom is 0.323 e. The lowest BCUT2D eigenvalue weighted by atomic mass is 10.1. The molecule has 0 aliphatic carbocycles. The van der Waals surface area contributed by atoms with Crippen LogP contribution in [0.2, 0.25) is 0 Å². The first-order valence-corrected chi connectivity index (χ1v) is 7.38. The summed E-state index contributed by atoms with van der Waals surface area (Å²) in [5.41, 5.74) is 2.08. The van der Waals surface area contributed by atoms with E-state index in [0.29, 0.717) is 24.0 Å². The van der Waals surface area contributed by atoms with Gasteiger partial charge in [0.05, 0.1) is 12.6 Å². The molecule has 1 aromatic heterocycles. The zero-order valence-electron chi connectivity index (χ0n) is 13.3. The number of methoxy groups -OCH3 is 1. The third kappa shape index (κ3) is 2.89. The minimum absolute atomic E-state index is 0.0887. The van der Waals surface area contributed by atoms with Crippen molar-refractivity contribution in [3.05, 3.63) is 23.8 Å². The van der Waals surface area contributed by atoms with Gasteiger partial charge >= 0.3 is 5.97 Å².